The molecule has 1 atom stereocenters. The standard InChI is InChI=1S/C9H21NO/c1-7(2)6-8(10)9(3,4)11-5/h7-8H,6,10H2,1-5H3. The van der Waals surface area contributed by atoms with E-state index in [0.29, 0.717) is 5.92 Å². The molecule has 0 aromatic carbocycles. The molecule has 0 radical (unpaired) electrons. The van der Waals surface area contributed by atoms with E-state index in [1.54, 1.807) is 7.11 Å². The molecule has 2 N–H and O–H groups in total. The van der Waals surface area contributed by atoms with Gasteiger partial charge in [0.05, 0.1) is 5.60 Å². The lowest BCUT2D eigenvalue weighted by molar-refractivity contribution is -0.00438. The molecule has 0 amide bonds. The van der Waals surface area contributed by atoms with Crippen molar-refractivity contribution in [1.29, 1.82) is 0 Å². The van der Waals surface area contributed by atoms with Crippen molar-refractivity contribution in [3.63, 3.8) is 0 Å². The van der Waals surface area contributed by atoms with Crippen molar-refractivity contribution in [3.05, 3.63) is 0 Å². The second-order valence-electron chi connectivity index (χ2n) is 4.04. The first-order valence-corrected chi connectivity index (χ1v) is 4.21. The van der Waals surface area contributed by atoms with Gasteiger partial charge >= 0.3 is 0 Å². The minimum atomic E-state index is -0.190. The van der Waals surface area contributed by atoms with Crippen LogP contribution in [0.4, 0.5) is 0 Å². The van der Waals surface area contributed by atoms with Crippen LogP contribution < -0.4 is 5.73 Å². The molecule has 68 valence electrons. The van der Waals surface area contributed by atoms with E-state index in [0.717, 1.165) is 6.42 Å². The number of ether oxygens (including phenoxy) is 1. The van der Waals surface area contributed by atoms with Gasteiger partial charge in [0.2, 0.25) is 0 Å². The fourth-order valence-corrected chi connectivity index (χ4v) is 0.943. The van der Waals surface area contributed by atoms with Gasteiger partial charge in [-0.25, -0.2) is 0 Å². The molecule has 2 heteroatoms. The predicted octanol–water partition coefficient (Wildman–Crippen LogP) is 1.78. The van der Waals surface area contributed by atoms with Crippen molar-refractivity contribution in [2.24, 2.45) is 11.7 Å². The first kappa shape index (κ1) is 10.9. The van der Waals surface area contributed by atoms with Crippen LogP contribution in [0.2, 0.25) is 0 Å². The van der Waals surface area contributed by atoms with E-state index in [9.17, 15) is 0 Å². The molecule has 0 bridgehead atoms. The van der Waals surface area contributed by atoms with Gasteiger partial charge < -0.3 is 10.5 Å². The predicted molar refractivity (Wildman–Crippen MR) is 48.5 cm³/mol. The van der Waals surface area contributed by atoms with Crippen molar-refractivity contribution in [2.75, 3.05) is 7.11 Å². The molecule has 0 fully saturated rings. The molecule has 11 heavy (non-hydrogen) atoms. The maximum atomic E-state index is 5.94. The lowest BCUT2D eigenvalue weighted by Crippen LogP contribution is -2.45. The van der Waals surface area contributed by atoms with E-state index in [-0.39, 0.29) is 11.6 Å². The van der Waals surface area contributed by atoms with E-state index in [4.69, 9.17) is 10.5 Å². The Balaban J connectivity index is 3.90. The van der Waals surface area contributed by atoms with Crippen LogP contribution in [0, 0.1) is 5.92 Å². The van der Waals surface area contributed by atoms with Gasteiger partial charge in [0.1, 0.15) is 0 Å². The molecule has 0 rings (SSSR count). The van der Waals surface area contributed by atoms with Gasteiger partial charge in [0, 0.05) is 13.2 Å². The summed E-state index contributed by atoms with van der Waals surface area (Å²) in [5.41, 5.74) is 5.75. The molecule has 0 saturated heterocycles. The molecule has 0 aliphatic heterocycles. The quantitative estimate of drug-likeness (QED) is 0.678. The third kappa shape index (κ3) is 3.73. The Bertz CT molecular complexity index is 110. The highest BCUT2D eigenvalue weighted by Crippen LogP contribution is 2.17. The number of hydrogen-bond acceptors (Lipinski definition) is 2. The third-order valence-electron chi connectivity index (χ3n) is 2.14. The van der Waals surface area contributed by atoms with E-state index in [1.807, 2.05) is 13.8 Å². The molecule has 0 spiro atoms. The molecule has 2 nitrogen and oxygen atoms in total. The second-order valence-corrected chi connectivity index (χ2v) is 4.04. The van der Waals surface area contributed by atoms with Crippen molar-refractivity contribution in [2.45, 2.75) is 45.8 Å². The molecule has 0 aromatic rings. The summed E-state index contributed by atoms with van der Waals surface area (Å²) >= 11 is 0. The van der Waals surface area contributed by atoms with Crippen LogP contribution in [-0.4, -0.2) is 18.8 Å². The summed E-state index contributed by atoms with van der Waals surface area (Å²) in [6.45, 7) is 8.40. The minimum absolute atomic E-state index is 0.132. The van der Waals surface area contributed by atoms with Gasteiger partial charge in [0.15, 0.2) is 0 Å². The number of rotatable bonds is 4. The Morgan fingerprint density at radius 2 is 1.82 bits per heavy atom. The zero-order valence-electron chi connectivity index (χ0n) is 8.35. The Labute approximate surface area is 70.1 Å². The topological polar surface area (TPSA) is 35.2 Å². The highest BCUT2D eigenvalue weighted by Gasteiger charge is 2.25. The zero-order valence-corrected chi connectivity index (χ0v) is 8.35. The smallest absolute Gasteiger partial charge is 0.0773 e. The fraction of sp³-hybridized carbons (Fsp3) is 1.00. The molecular weight excluding hydrogens is 138 g/mol. The summed E-state index contributed by atoms with van der Waals surface area (Å²) < 4.78 is 5.28. The minimum Gasteiger partial charge on any atom is -0.377 e. The average molecular weight is 159 g/mol. The highest BCUT2D eigenvalue weighted by molar-refractivity contribution is 4.82. The van der Waals surface area contributed by atoms with Gasteiger partial charge in [-0.1, -0.05) is 13.8 Å². The Kier molecular flexibility index (Phi) is 4.04. The van der Waals surface area contributed by atoms with Crippen molar-refractivity contribution < 1.29 is 4.74 Å². The molecule has 0 saturated carbocycles. The van der Waals surface area contributed by atoms with E-state index < -0.39 is 0 Å². The van der Waals surface area contributed by atoms with Gasteiger partial charge in [-0.3, -0.25) is 0 Å². The number of methoxy groups -OCH3 is 1. The molecule has 0 heterocycles. The SMILES string of the molecule is COC(C)(C)C(N)CC(C)C. The van der Waals surface area contributed by atoms with Gasteiger partial charge in [-0.2, -0.15) is 0 Å². The van der Waals surface area contributed by atoms with Crippen molar-refractivity contribution >= 4 is 0 Å². The largest absolute Gasteiger partial charge is 0.377 e. The van der Waals surface area contributed by atoms with Crippen LogP contribution in [0.25, 0.3) is 0 Å². The summed E-state index contributed by atoms with van der Waals surface area (Å²) in [7, 11) is 1.71. The highest BCUT2D eigenvalue weighted by atomic mass is 16.5. The van der Waals surface area contributed by atoms with Gasteiger partial charge in [-0.05, 0) is 26.2 Å². The first-order chi connectivity index (χ1) is 4.90. The zero-order chi connectivity index (χ0) is 9.07. The van der Waals surface area contributed by atoms with Gasteiger partial charge in [-0.15, -0.1) is 0 Å². The summed E-state index contributed by atoms with van der Waals surface area (Å²) in [5, 5.41) is 0. The van der Waals surface area contributed by atoms with Crippen LogP contribution in [0.5, 0.6) is 0 Å². The summed E-state index contributed by atoms with van der Waals surface area (Å²) in [5.74, 6) is 0.638. The molecular formula is C9H21NO. The van der Waals surface area contributed by atoms with Crippen LogP contribution in [0.15, 0.2) is 0 Å². The lowest BCUT2D eigenvalue weighted by atomic mass is 9.91. The van der Waals surface area contributed by atoms with Gasteiger partial charge in [0.25, 0.3) is 0 Å². The molecule has 0 aliphatic carbocycles. The van der Waals surface area contributed by atoms with E-state index in [2.05, 4.69) is 13.8 Å². The van der Waals surface area contributed by atoms with Crippen LogP contribution in [-0.2, 0) is 4.74 Å². The molecule has 0 aliphatic rings. The average Bonchev–Trinajstić information content (AvgIpc) is 1.86. The van der Waals surface area contributed by atoms with Crippen LogP contribution in [0.1, 0.15) is 34.1 Å². The third-order valence-corrected chi connectivity index (χ3v) is 2.14. The van der Waals surface area contributed by atoms with E-state index >= 15 is 0 Å². The molecule has 0 aromatic heterocycles. The maximum absolute atomic E-state index is 5.94. The summed E-state index contributed by atoms with van der Waals surface area (Å²) in [6, 6.07) is 0.132. The van der Waals surface area contributed by atoms with Crippen LogP contribution >= 0.6 is 0 Å². The fourth-order valence-electron chi connectivity index (χ4n) is 0.943. The Morgan fingerprint density at radius 3 is 2.09 bits per heavy atom. The van der Waals surface area contributed by atoms with Crippen molar-refractivity contribution in [3.8, 4) is 0 Å². The first-order valence-electron chi connectivity index (χ1n) is 4.21. The monoisotopic (exact) mass is 159 g/mol. The summed E-state index contributed by atoms with van der Waals surface area (Å²) in [6.07, 6.45) is 1.01. The number of nitrogens with two attached hydrogens (primary N) is 1. The molecule has 1 unspecified atom stereocenters. The number of hydrogen-bond donors (Lipinski definition) is 1. The van der Waals surface area contributed by atoms with Crippen molar-refractivity contribution in [1.82, 2.24) is 0 Å². The Morgan fingerprint density at radius 1 is 1.36 bits per heavy atom. The van der Waals surface area contributed by atoms with E-state index in [1.165, 1.54) is 0 Å². The normalized spacial score (nSPS) is 15.5. The summed E-state index contributed by atoms with van der Waals surface area (Å²) in [4.78, 5) is 0. The van der Waals surface area contributed by atoms with Crippen LogP contribution in [0.3, 0.4) is 0 Å². The Hall–Kier alpha value is -0.0800. The second kappa shape index (κ2) is 4.07. The lowest BCUT2D eigenvalue weighted by Gasteiger charge is -2.31. The maximum Gasteiger partial charge on any atom is 0.0773 e.